The number of hydrogen-bond acceptors (Lipinski definition) is 4. The topological polar surface area (TPSA) is 72.8 Å². The zero-order valence-corrected chi connectivity index (χ0v) is 7.97. The van der Waals surface area contributed by atoms with Crippen molar-refractivity contribution < 1.29 is 36.7 Å². The van der Waals surface area contributed by atoms with E-state index in [1.165, 1.54) is 0 Å². The molecule has 0 aromatic rings. The van der Waals surface area contributed by atoms with Crippen LogP contribution in [0.25, 0.3) is 0 Å². The summed E-state index contributed by atoms with van der Waals surface area (Å²) in [7, 11) is -3.62. The maximum Gasteiger partial charge on any atom is 0.412 e. The zero-order chi connectivity index (χ0) is 11.4. The van der Waals surface area contributed by atoms with Crippen molar-refractivity contribution in [3.63, 3.8) is 0 Å². The highest BCUT2D eigenvalue weighted by Crippen LogP contribution is 2.42. The van der Waals surface area contributed by atoms with Gasteiger partial charge in [-0.05, 0) is 0 Å². The Hall–Kier alpha value is -0.590. The molecule has 5 nitrogen and oxygen atoms in total. The first-order valence-corrected chi connectivity index (χ1v) is 5.02. The summed E-state index contributed by atoms with van der Waals surface area (Å²) in [6.45, 7) is -1.88. The van der Waals surface area contributed by atoms with E-state index < -0.39 is 32.5 Å². The van der Waals surface area contributed by atoms with Gasteiger partial charge in [0.05, 0.1) is 7.11 Å². The van der Waals surface area contributed by atoms with Crippen molar-refractivity contribution in [2.75, 3.05) is 19.9 Å². The molecule has 0 rings (SSSR count). The number of rotatable bonds is 4. The molecule has 0 aromatic carbocycles. The van der Waals surface area contributed by atoms with Crippen LogP contribution in [0.2, 0.25) is 0 Å². The summed E-state index contributed by atoms with van der Waals surface area (Å²) in [6.07, 6.45) is -5.81. The smallest absolute Gasteiger partial charge is 0.412 e. The van der Waals surface area contributed by atoms with Crippen molar-refractivity contribution in [3.8, 4) is 0 Å². The molecule has 1 unspecified atom stereocenters. The van der Waals surface area contributed by atoms with Gasteiger partial charge in [0, 0.05) is 0 Å². The van der Waals surface area contributed by atoms with Crippen LogP contribution in [0.5, 0.6) is 0 Å². The SMILES string of the molecule is COC(=O)CP(=O)(O)OCC(F)(F)F. The van der Waals surface area contributed by atoms with Gasteiger partial charge in [-0.3, -0.25) is 13.9 Å². The van der Waals surface area contributed by atoms with Gasteiger partial charge in [0.25, 0.3) is 0 Å². The summed E-state index contributed by atoms with van der Waals surface area (Å²) in [4.78, 5) is 19.1. The van der Waals surface area contributed by atoms with Crippen molar-refractivity contribution in [2.45, 2.75) is 6.18 Å². The van der Waals surface area contributed by atoms with Gasteiger partial charge in [0.2, 0.25) is 0 Å². The largest absolute Gasteiger partial charge is 0.469 e. The molecule has 0 heterocycles. The van der Waals surface area contributed by atoms with E-state index in [1.807, 2.05) is 0 Å². The number of esters is 1. The first-order valence-electron chi connectivity index (χ1n) is 3.26. The summed E-state index contributed by atoms with van der Waals surface area (Å²) >= 11 is 0. The molecule has 0 amide bonds. The Bertz CT molecular complexity index is 250. The summed E-state index contributed by atoms with van der Waals surface area (Å²) in [5, 5.41) is 0. The van der Waals surface area contributed by atoms with Crippen molar-refractivity contribution in [1.82, 2.24) is 0 Å². The highest BCUT2D eigenvalue weighted by atomic mass is 31.2. The summed E-state index contributed by atoms with van der Waals surface area (Å²) in [5.74, 6) is -1.11. The van der Waals surface area contributed by atoms with E-state index in [0.717, 1.165) is 7.11 Å². The van der Waals surface area contributed by atoms with Crippen LogP contribution in [0.3, 0.4) is 0 Å². The molecule has 84 valence electrons. The third kappa shape index (κ3) is 6.88. The van der Waals surface area contributed by atoms with Crippen LogP contribution in [-0.4, -0.2) is 36.9 Å². The van der Waals surface area contributed by atoms with E-state index in [-0.39, 0.29) is 0 Å². The predicted molar refractivity (Wildman–Crippen MR) is 38.7 cm³/mol. The van der Waals surface area contributed by atoms with Crippen molar-refractivity contribution >= 4 is 13.6 Å². The molecular formula is C5H8F3O5P. The van der Waals surface area contributed by atoms with Crippen LogP contribution in [0.15, 0.2) is 0 Å². The van der Waals surface area contributed by atoms with Gasteiger partial charge in [0.1, 0.15) is 6.16 Å². The third-order valence-corrected chi connectivity index (χ3v) is 2.18. The fraction of sp³-hybridized carbons (Fsp3) is 0.800. The Balaban J connectivity index is 4.09. The van der Waals surface area contributed by atoms with Gasteiger partial charge in [0.15, 0.2) is 6.61 Å². The third-order valence-electron chi connectivity index (χ3n) is 0.987. The van der Waals surface area contributed by atoms with Crippen molar-refractivity contribution in [3.05, 3.63) is 0 Å². The number of carbonyl (C=O) groups is 1. The minimum absolute atomic E-state index is 0.937. The second-order valence-electron chi connectivity index (χ2n) is 2.26. The fourth-order valence-electron chi connectivity index (χ4n) is 0.447. The maximum atomic E-state index is 11.5. The van der Waals surface area contributed by atoms with Gasteiger partial charge in [-0.2, -0.15) is 13.2 Å². The number of methoxy groups -OCH3 is 1. The Morgan fingerprint density at radius 1 is 1.50 bits per heavy atom. The normalized spacial score (nSPS) is 16.1. The molecule has 0 aliphatic carbocycles. The Morgan fingerprint density at radius 3 is 2.36 bits per heavy atom. The summed E-state index contributed by atoms with van der Waals surface area (Å²) in [6, 6.07) is 0. The maximum absolute atomic E-state index is 11.5. The van der Waals surface area contributed by atoms with E-state index in [2.05, 4.69) is 9.26 Å². The van der Waals surface area contributed by atoms with Crippen LogP contribution in [0, 0.1) is 0 Å². The highest BCUT2D eigenvalue weighted by molar-refractivity contribution is 7.53. The number of ether oxygens (including phenoxy) is 1. The van der Waals surface area contributed by atoms with Gasteiger partial charge in [-0.15, -0.1) is 0 Å². The average Bonchev–Trinajstić information content (AvgIpc) is 1.99. The fourth-order valence-corrected chi connectivity index (χ4v) is 1.34. The first-order chi connectivity index (χ1) is 6.16. The van der Waals surface area contributed by atoms with Crippen molar-refractivity contribution in [1.29, 1.82) is 0 Å². The van der Waals surface area contributed by atoms with E-state index in [1.54, 1.807) is 0 Å². The van der Waals surface area contributed by atoms with Crippen LogP contribution >= 0.6 is 7.60 Å². The number of hydrogen-bond donors (Lipinski definition) is 1. The molecule has 0 aliphatic heterocycles. The minimum atomic E-state index is -4.71. The monoisotopic (exact) mass is 236 g/mol. The quantitative estimate of drug-likeness (QED) is 0.580. The Morgan fingerprint density at radius 2 is 2.00 bits per heavy atom. The number of halogens is 3. The minimum Gasteiger partial charge on any atom is -0.469 e. The molecule has 1 atom stereocenters. The Kier molecular flexibility index (Phi) is 4.57. The second-order valence-corrected chi connectivity index (χ2v) is 4.11. The van der Waals surface area contributed by atoms with E-state index >= 15 is 0 Å². The lowest BCUT2D eigenvalue weighted by atomic mass is 10.7. The summed E-state index contributed by atoms with van der Waals surface area (Å²) < 4.78 is 53.0. The van der Waals surface area contributed by atoms with Crippen LogP contribution < -0.4 is 0 Å². The summed E-state index contributed by atoms with van der Waals surface area (Å²) in [5.41, 5.74) is 0. The van der Waals surface area contributed by atoms with Crippen LogP contribution in [0.1, 0.15) is 0 Å². The molecule has 0 bridgehead atoms. The molecule has 0 spiro atoms. The highest BCUT2D eigenvalue weighted by Gasteiger charge is 2.34. The molecule has 0 radical (unpaired) electrons. The molecule has 14 heavy (non-hydrogen) atoms. The van der Waals surface area contributed by atoms with E-state index in [9.17, 15) is 22.5 Å². The number of alkyl halides is 3. The van der Waals surface area contributed by atoms with E-state index in [0.29, 0.717) is 0 Å². The lowest BCUT2D eigenvalue weighted by molar-refractivity contribution is -0.155. The van der Waals surface area contributed by atoms with Gasteiger partial charge in [-0.25, -0.2) is 0 Å². The predicted octanol–water partition coefficient (Wildman–Crippen LogP) is 0.924. The van der Waals surface area contributed by atoms with Gasteiger partial charge >= 0.3 is 19.7 Å². The molecule has 0 aromatic heterocycles. The first kappa shape index (κ1) is 13.4. The average molecular weight is 236 g/mol. The van der Waals surface area contributed by atoms with Crippen LogP contribution in [-0.2, 0) is 18.6 Å². The standard InChI is InChI=1S/C5H8F3O5P/c1-12-4(9)2-14(10,11)13-3-5(6,7)8/h2-3H2,1H3,(H,10,11). The zero-order valence-electron chi connectivity index (χ0n) is 7.08. The lowest BCUT2D eigenvalue weighted by Gasteiger charge is -2.12. The molecule has 0 fully saturated rings. The molecular weight excluding hydrogens is 228 g/mol. The van der Waals surface area contributed by atoms with Crippen LogP contribution in [0.4, 0.5) is 13.2 Å². The molecule has 0 saturated heterocycles. The Labute approximate surface area is 77.3 Å². The lowest BCUT2D eigenvalue weighted by Crippen LogP contribution is -2.18. The van der Waals surface area contributed by atoms with Crippen molar-refractivity contribution in [2.24, 2.45) is 0 Å². The van der Waals surface area contributed by atoms with Gasteiger partial charge in [-0.1, -0.05) is 0 Å². The second kappa shape index (κ2) is 4.77. The molecule has 0 saturated carbocycles. The van der Waals surface area contributed by atoms with Gasteiger partial charge < -0.3 is 9.63 Å². The number of carbonyl (C=O) groups excluding carboxylic acids is 1. The molecule has 0 aliphatic rings. The molecule has 9 heteroatoms. The molecule has 1 N–H and O–H groups in total. The van der Waals surface area contributed by atoms with E-state index in [4.69, 9.17) is 4.89 Å².